The van der Waals surface area contributed by atoms with Gasteiger partial charge < -0.3 is 9.47 Å². The molecular formula is C21H27NO2. The summed E-state index contributed by atoms with van der Waals surface area (Å²) in [6, 6.07) is 18.8. The third kappa shape index (κ3) is 5.08. The topological polar surface area (TPSA) is 21.7 Å². The van der Waals surface area contributed by atoms with E-state index < -0.39 is 0 Å². The molecule has 0 bridgehead atoms. The Balaban J connectivity index is 1.46. The van der Waals surface area contributed by atoms with Crippen LogP contribution >= 0.6 is 0 Å². The van der Waals surface area contributed by atoms with Gasteiger partial charge >= 0.3 is 0 Å². The van der Waals surface area contributed by atoms with Crippen molar-refractivity contribution in [3.05, 3.63) is 65.7 Å². The van der Waals surface area contributed by atoms with Crippen LogP contribution in [0, 0.1) is 0 Å². The largest absolute Gasteiger partial charge is 0.489 e. The zero-order valence-corrected chi connectivity index (χ0v) is 14.5. The van der Waals surface area contributed by atoms with Gasteiger partial charge in [0.25, 0.3) is 0 Å². The van der Waals surface area contributed by atoms with Gasteiger partial charge in [0, 0.05) is 13.1 Å². The van der Waals surface area contributed by atoms with E-state index >= 15 is 0 Å². The first-order chi connectivity index (χ1) is 11.8. The van der Waals surface area contributed by atoms with Crippen molar-refractivity contribution in [3.63, 3.8) is 0 Å². The molecule has 1 aliphatic heterocycles. The molecule has 0 N–H and O–H groups in total. The van der Waals surface area contributed by atoms with Gasteiger partial charge in [-0.05, 0) is 42.1 Å². The maximum Gasteiger partial charge on any atom is 0.119 e. The molecule has 0 unspecified atom stereocenters. The summed E-state index contributed by atoms with van der Waals surface area (Å²) in [5.74, 6) is 1.50. The highest BCUT2D eigenvalue weighted by Crippen LogP contribution is 2.21. The van der Waals surface area contributed by atoms with Crippen LogP contribution in [0.15, 0.2) is 54.6 Å². The molecule has 1 heterocycles. The molecule has 0 spiro atoms. The third-order valence-electron chi connectivity index (χ3n) is 4.68. The highest BCUT2D eigenvalue weighted by atomic mass is 16.5. The fourth-order valence-electron chi connectivity index (χ4n) is 2.99. The molecule has 3 rings (SSSR count). The fourth-order valence-corrected chi connectivity index (χ4v) is 2.99. The lowest BCUT2D eigenvalue weighted by Crippen LogP contribution is -2.37. The van der Waals surface area contributed by atoms with Crippen LogP contribution in [-0.2, 0) is 11.3 Å². The molecule has 1 fully saturated rings. The molecule has 24 heavy (non-hydrogen) atoms. The molecule has 0 amide bonds. The highest BCUT2D eigenvalue weighted by molar-refractivity contribution is 5.26. The number of hydrogen-bond acceptors (Lipinski definition) is 3. The van der Waals surface area contributed by atoms with Crippen LogP contribution in [0.2, 0.25) is 0 Å². The van der Waals surface area contributed by atoms with Crippen molar-refractivity contribution in [2.45, 2.75) is 25.9 Å². The van der Waals surface area contributed by atoms with E-state index in [0.29, 0.717) is 12.5 Å². The number of nitrogens with zero attached hydrogens (tertiary/aromatic N) is 1. The second kappa shape index (κ2) is 8.86. The molecule has 0 radical (unpaired) electrons. The molecule has 2 aromatic rings. The molecular weight excluding hydrogens is 298 g/mol. The lowest BCUT2D eigenvalue weighted by molar-refractivity contribution is 0.0367. The van der Waals surface area contributed by atoms with E-state index in [1.807, 2.05) is 30.3 Å². The Morgan fingerprint density at radius 1 is 1.00 bits per heavy atom. The van der Waals surface area contributed by atoms with E-state index in [1.165, 1.54) is 17.5 Å². The molecule has 2 aromatic carbocycles. The number of rotatable bonds is 7. The SMILES string of the molecule is C[C@H](CCN1CCOCC1)c1ccc(COc2ccccc2)cc1. The Morgan fingerprint density at radius 3 is 2.42 bits per heavy atom. The van der Waals surface area contributed by atoms with Gasteiger partial charge in [0.1, 0.15) is 12.4 Å². The smallest absolute Gasteiger partial charge is 0.119 e. The summed E-state index contributed by atoms with van der Waals surface area (Å²) in [4.78, 5) is 2.50. The average Bonchev–Trinajstić information content (AvgIpc) is 2.66. The molecule has 3 nitrogen and oxygen atoms in total. The minimum Gasteiger partial charge on any atom is -0.489 e. The van der Waals surface area contributed by atoms with Crippen LogP contribution < -0.4 is 4.74 Å². The Hall–Kier alpha value is -1.84. The van der Waals surface area contributed by atoms with E-state index in [-0.39, 0.29) is 0 Å². The summed E-state index contributed by atoms with van der Waals surface area (Å²) in [5, 5.41) is 0. The molecule has 3 heteroatoms. The van der Waals surface area contributed by atoms with Crippen LogP contribution in [0.3, 0.4) is 0 Å². The molecule has 1 aliphatic rings. The van der Waals surface area contributed by atoms with Gasteiger partial charge in [0.15, 0.2) is 0 Å². The first-order valence-electron chi connectivity index (χ1n) is 8.88. The lowest BCUT2D eigenvalue weighted by Gasteiger charge is -2.27. The third-order valence-corrected chi connectivity index (χ3v) is 4.68. The molecule has 0 aliphatic carbocycles. The minimum atomic E-state index is 0.580. The summed E-state index contributed by atoms with van der Waals surface area (Å²) in [6.07, 6.45) is 1.19. The second-order valence-electron chi connectivity index (χ2n) is 6.49. The Morgan fingerprint density at radius 2 is 1.71 bits per heavy atom. The van der Waals surface area contributed by atoms with Gasteiger partial charge in [0.05, 0.1) is 13.2 Å². The van der Waals surface area contributed by atoms with Crippen molar-refractivity contribution < 1.29 is 9.47 Å². The van der Waals surface area contributed by atoms with Crippen LogP contribution in [0.1, 0.15) is 30.4 Å². The van der Waals surface area contributed by atoms with Crippen LogP contribution in [0.5, 0.6) is 5.75 Å². The minimum absolute atomic E-state index is 0.580. The number of ether oxygens (including phenoxy) is 2. The van der Waals surface area contributed by atoms with Gasteiger partial charge in [-0.15, -0.1) is 0 Å². The van der Waals surface area contributed by atoms with E-state index in [4.69, 9.17) is 9.47 Å². The van der Waals surface area contributed by atoms with Crippen molar-refractivity contribution in [2.75, 3.05) is 32.8 Å². The van der Waals surface area contributed by atoms with E-state index in [0.717, 1.165) is 38.6 Å². The fraction of sp³-hybridized carbons (Fsp3) is 0.429. The Kier molecular flexibility index (Phi) is 6.27. The summed E-state index contributed by atoms with van der Waals surface area (Å²) >= 11 is 0. The van der Waals surface area contributed by atoms with Gasteiger partial charge in [-0.25, -0.2) is 0 Å². The van der Waals surface area contributed by atoms with Crippen LogP contribution in [-0.4, -0.2) is 37.7 Å². The van der Waals surface area contributed by atoms with Gasteiger partial charge in [-0.3, -0.25) is 4.90 Å². The lowest BCUT2D eigenvalue weighted by atomic mass is 9.96. The van der Waals surface area contributed by atoms with Crippen molar-refractivity contribution >= 4 is 0 Å². The van der Waals surface area contributed by atoms with E-state index in [2.05, 4.69) is 36.1 Å². The summed E-state index contributed by atoms with van der Waals surface area (Å²) in [5.41, 5.74) is 2.62. The van der Waals surface area contributed by atoms with E-state index in [9.17, 15) is 0 Å². The first kappa shape index (κ1) is 17.0. The molecule has 0 aromatic heterocycles. The first-order valence-corrected chi connectivity index (χ1v) is 8.88. The molecule has 128 valence electrons. The quantitative estimate of drug-likeness (QED) is 0.765. The monoisotopic (exact) mass is 325 g/mol. The van der Waals surface area contributed by atoms with Gasteiger partial charge in [-0.2, -0.15) is 0 Å². The number of morpholine rings is 1. The van der Waals surface area contributed by atoms with Crippen molar-refractivity contribution in [3.8, 4) is 5.75 Å². The predicted octanol–water partition coefficient (Wildman–Crippen LogP) is 4.09. The zero-order valence-electron chi connectivity index (χ0n) is 14.5. The maximum absolute atomic E-state index is 5.80. The van der Waals surface area contributed by atoms with Crippen molar-refractivity contribution in [2.24, 2.45) is 0 Å². The van der Waals surface area contributed by atoms with Gasteiger partial charge in [0.2, 0.25) is 0 Å². The van der Waals surface area contributed by atoms with Crippen molar-refractivity contribution in [1.29, 1.82) is 0 Å². The van der Waals surface area contributed by atoms with Gasteiger partial charge in [-0.1, -0.05) is 49.4 Å². The zero-order chi connectivity index (χ0) is 16.6. The van der Waals surface area contributed by atoms with E-state index in [1.54, 1.807) is 0 Å². The number of hydrogen-bond donors (Lipinski definition) is 0. The second-order valence-corrected chi connectivity index (χ2v) is 6.49. The molecule has 1 saturated heterocycles. The predicted molar refractivity (Wildman–Crippen MR) is 97.5 cm³/mol. The normalized spacial score (nSPS) is 16.7. The summed E-state index contributed by atoms with van der Waals surface area (Å²) in [6.45, 7) is 7.99. The van der Waals surface area contributed by atoms with Crippen LogP contribution in [0.4, 0.5) is 0 Å². The Labute approximate surface area is 145 Å². The van der Waals surface area contributed by atoms with Crippen molar-refractivity contribution in [1.82, 2.24) is 4.90 Å². The maximum atomic E-state index is 5.80. The Bertz CT molecular complexity index is 591. The summed E-state index contributed by atoms with van der Waals surface area (Å²) in [7, 11) is 0. The summed E-state index contributed by atoms with van der Waals surface area (Å²) < 4.78 is 11.2. The number of benzene rings is 2. The standard InChI is InChI=1S/C21H27NO2/c1-18(11-12-22-13-15-23-16-14-22)20-9-7-19(8-10-20)17-24-21-5-3-2-4-6-21/h2-10,18H,11-17H2,1H3/t18-/m1/s1. The molecule has 0 saturated carbocycles. The average molecular weight is 325 g/mol. The molecule has 1 atom stereocenters. The number of para-hydroxylation sites is 1. The highest BCUT2D eigenvalue weighted by Gasteiger charge is 2.12. The van der Waals surface area contributed by atoms with Crippen LogP contribution in [0.25, 0.3) is 0 Å².